The number of hydrogen-bond donors (Lipinski definition) is 2. The molecule has 0 bridgehead atoms. The van der Waals surface area contributed by atoms with Crippen LogP contribution in [0.4, 0.5) is 5.69 Å². The van der Waals surface area contributed by atoms with Crippen molar-refractivity contribution < 1.29 is 18.0 Å². The summed E-state index contributed by atoms with van der Waals surface area (Å²) in [7, 11) is -1.95. The first-order chi connectivity index (χ1) is 14.7. The van der Waals surface area contributed by atoms with Crippen LogP contribution >= 0.6 is 0 Å². The highest BCUT2D eigenvalue weighted by atomic mass is 32.2. The Labute approximate surface area is 183 Å². The van der Waals surface area contributed by atoms with Gasteiger partial charge < -0.3 is 10.2 Å². The molecule has 31 heavy (non-hydrogen) atoms. The van der Waals surface area contributed by atoms with Gasteiger partial charge in [0.15, 0.2) is 0 Å². The summed E-state index contributed by atoms with van der Waals surface area (Å²) < 4.78 is 27.0. The van der Waals surface area contributed by atoms with Crippen LogP contribution in [0.1, 0.15) is 29.5 Å². The number of amides is 2. The van der Waals surface area contributed by atoms with Gasteiger partial charge in [-0.05, 0) is 61.6 Å². The SMILES string of the molecule is Cc1cccc(C)c1NC(=O)CN(C)C(=O)/C=C/c1ccc(S(=O)(=O)NC2CC2)cc1. The Morgan fingerprint density at radius 3 is 2.26 bits per heavy atom. The van der Waals surface area contributed by atoms with Crippen LogP contribution in [-0.4, -0.2) is 44.8 Å². The summed E-state index contributed by atoms with van der Waals surface area (Å²) in [4.78, 5) is 26.2. The maximum Gasteiger partial charge on any atom is 0.246 e. The fourth-order valence-electron chi connectivity index (χ4n) is 3.03. The van der Waals surface area contributed by atoms with Crippen LogP contribution in [0.2, 0.25) is 0 Å². The monoisotopic (exact) mass is 441 g/mol. The van der Waals surface area contributed by atoms with Crippen molar-refractivity contribution in [2.75, 3.05) is 18.9 Å². The lowest BCUT2D eigenvalue weighted by Gasteiger charge is -2.16. The zero-order valence-corrected chi connectivity index (χ0v) is 18.7. The number of benzene rings is 2. The van der Waals surface area contributed by atoms with E-state index in [9.17, 15) is 18.0 Å². The van der Waals surface area contributed by atoms with Crippen molar-refractivity contribution in [1.29, 1.82) is 0 Å². The Balaban J connectivity index is 1.55. The summed E-state index contributed by atoms with van der Waals surface area (Å²) in [6.07, 6.45) is 4.70. The van der Waals surface area contributed by atoms with E-state index in [1.54, 1.807) is 25.3 Å². The molecule has 0 heterocycles. The van der Waals surface area contributed by atoms with Crippen molar-refractivity contribution in [2.24, 2.45) is 0 Å². The van der Waals surface area contributed by atoms with Gasteiger partial charge in [0.2, 0.25) is 21.8 Å². The smallest absolute Gasteiger partial charge is 0.246 e. The Bertz CT molecular complexity index is 1080. The van der Waals surface area contributed by atoms with Gasteiger partial charge >= 0.3 is 0 Å². The van der Waals surface area contributed by atoms with E-state index in [-0.39, 0.29) is 29.3 Å². The molecular weight excluding hydrogens is 414 g/mol. The molecule has 0 aliphatic heterocycles. The van der Waals surface area contributed by atoms with E-state index >= 15 is 0 Å². The first-order valence-corrected chi connectivity index (χ1v) is 11.6. The molecule has 164 valence electrons. The highest BCUT2D eigenvalue weighted by molar-refractivity contribution is 7.89. The van der Waals surface area contributed by atoms with Crippen molar-refractivity contribution in [3.63, 3.8) is 0 Å². The van der Waals surface area contributed by atoms with Crippen LogP contribution < -0.4 is 10.0 Å². The molecule has 8 heteroatoms. The minimum atomic E-state index is -3.50. The standard InChI is InChI=1S/C23H27N3O4S/c1-16-5-4-6-17(2)23(16)24-21(27)15-26(3)22(28)14-9-18-7-12-20(13-8-18)31(29,30)25-19-10-11-19/h4-9,12-14,19,25H,10-11,15H2,1-3H3,(H,24,27)/b14-9+. The summed E-state index contributed by atoms with van der Waals surface area (Å²) in [5.74, 6) is -0.608. The molecule has 2 aromatic rings. The van der Waals surface area contributed by atoms with Crippen molar-refractivity contribution >= 4 is 33.6 Å². The minimum absolute atomic E-state index is 0.0460. The summed E-state index contributed by atoms with van der Waals surface area (Å²) >= 11 is 0. The third kappa shape index (κ3) is 6.26. The number of hydrogen-bond acceptors (Lipinski definition) is 4. The van der Waals surface area contributed by atoms with Crippen LogP contribution in [0, 0.1) is 13.8 Å². The topological polar surface area (TPSA) is 95.6 Å². The highest BCUT2D eigenvalue weighted by Gasteiger charge is 2.27. The van der Waals surface area contributed by atoms with Gasteiger partial charge in [0, 0.05) is 24.9 Å². The van der Waals surface area contributed by atoms with Crippen molar-refractivity contribution in [3.8, 4) is 0 Å². The predicted molar refractivity (Wildman–Crippen MR) is 121 cm³/mol. The molecule has 1 aliphatic carbocycles. The maximum absolute atomic E-state index is 12.3. The second-order valence-corrected chi connectivity index (χ2v) is 9.52. The van der Waals surface area contributed by atoms with E-state index < -0.39 is 10.0 Å². The predicted octanol–water partition coefficient (Wildman–Crippen LogP) is 2.85. The number of nitrogens with zero attached hydrogens (tertiary/aromatic N) is 1. The summed E-state index contributed by atoms with van der Waals surface area (Å²) in [5, 5.41) is 2.86. The Morgan fingerprint density at radius 1 is 1.06 bits per heavy atom. The zero-order valence-electron chi connectivity index (χ0n) is 17.9. The molecule has 0 aromatic heterocycles. The number of carbonyl (C=O) groups excluding carboxylic acids is 2. The van der Waals surface area contributed by atoms with Gasteiger partial charge in [-0.25, -0.2) is 13.1 Å². The van der Waals surface area contributed by atoms with E-state index in [1.165, 1.54) is 23.1 Å². The second-order valence-electron chi connectivity index (χ2n) is 7.81. The van der Waals surface area contributed by atoms with Crippen molar-refractivity contribution in [2.45, 2.75) is 37.6 Å². The first kappa shape index (κ1) is 22.7. The van der Waals surface area contributed by atoms with Crippen LogP contribution in [0.5, 0.6) is 0 Å². The lowest BCUT2D eigenvalue weighted by atomic mass is 10.1. The van der Waals surface area contributed by atoms with Gasteiger partial charge in [0.25, 0.3) is 0 Å². The van der Waals surface area contributed by atoms with E-state index in [2.05, 4.69) is 10.0 Å². The molecule has 0 saturated heterocycles. The van der Waals surface area contributed by atoms with Crippen LogP contribution in [0.3, 0.4) is 0 Å². The number of anilines is 1. The molecule has 0 spiro atoms. The molecule has 0 unspecified atom stereocenters. The number of likely N-dealkylation sites (N-methyl/N-ethyl adjacent to an activating group) is 1. The quantitative estimate of drug-likeness (QED) is 0.616. The lowest BCUT2D eigenvalue weighted by molar-refractivity contribution is -0.129. The first-order valence-electron chi connectivity index (χ1n) is 10.1. The average molecular weight is 442 g/mol. The molecule has 1 saturated carbocycles. The largest absolute Gasteiger partial charge is 0.333 e. The van der Waals surface area contributed by atoms with Crippen molar-refractivity contribution in [3.05, 3.63) is 65.2 Å². The van der Waals surface area contributed by atoms with Gasteiger partial charge in [-0.3, -0.25) is 9.59 Å². The Kier molecular flexibility index (Phi) is 6.92. The maximum atomic E-state index is 12.3. The zero-order chi connectivity index (χ0) is 22.6. The van der Waals surface area contributed by atoms with E-state index in [0.29, 0.717) is 5.56 Å². The minimum Gasteiger partial charge on any atom is -0.333 e. The van der Waals surface area contributed by atoms with Crippen LogP contribution in [-0.2, 0) is 19.6 Å². The molecule has 1 fully saturated rings. The second kappa shape index (κ2) is 9.45. The van der Waals surface area contributed by atoms with Gasteiger partial charge in [-0.2, -0.15) is 0 Å². The summed E-state index contributed by atoms with van der Waals surface area (Å²) in [5.41, 5.74) is 3.36. The number of aryl methyl sites for hydroxylation is 2. The molecule has 7 nitrogen and oxygen atoms in total. The van der Waals surface area contributed by atoms with Crippen molar-refractivity contribution in [1.82, 2.24) is 9.62 Å². The number of sulfonamides is 1. The van der Waals surface area contributed by atoms with Crippen LogP contribution in [0.25, 0.3) is 6.08 Å². The van der Waals surface area contributed by atoms with Gasteiger partial charge in [-0.1, -0.05) is 30.3 Å². The fraction of sp³-hybridized carbons (Fsp3) is 0.304. The number of carbonyl (C=O) groups is 2. The normalized spacial score (nSPS) is 13.9. The Morgan fingerprint density at radius 2 is 1.68 bits per heavy atom. The summed E-state index contributed by atoms with van der Waals surface area (Å²) in [6, 6.07) is 12.1. The molecule has 3 rings (SSSR count). The van der Waals surface area contributed by atoms with Gasteiger partial charge in [0.1, 0.15) is 0 Å². The number of nitrogens with one attached hydrogen (secondary N) is 2. The third-order valence-corrected chi connectivity index (χ3v) is 6.55. The molecule has 2 aromatic carbocycles. The van der Waals surface area contributed by atoms with Gasteiger partial charge in [0.05, 0.1) is 11.4 Å². The Hall–Kier alpha value is -2.97. The molecule has 1 aliphatic rings. The highest BCUT2D eigenvalue weighted by Crippen LogP contribution is 2.22. The molecule has 0 radical (unpaired) electrons. The van der Waals surface area contributed by atoms with Crippen LogP contribution in [0.15, 0.2) is 53.4 Å². The van der Waals surface area contributed by atoms with E-state index in [1.807, 2.05) is 32.0 Å². The third-order valence-electron chi connectivity index (χ3n) is 5.01. The molecule has 2 amide bonds. The average Bonchev–Trinajstić information content (AvgIpc) is 3.52. The van der Waals surface area contributed by atoms with E-state index in [4.69, 9.17) is 0 Å². The summed E-state index contributed by atoms with van der Waals surface area (Å²) in [6.45, 7) is 3.75. The van der Waals surface area contributed by atoms with Gasteiger partial charge in [-0.15, -0.1) is 0 Å². The molecule has 0 atom stereocenters. The molecular formula is C23H27N3O4S. The fourth-order valence-corrected chi connectivity index (χ4v) is 4.33. The number of para-hydroxylation sites is 1. The lowest BCUT2D eigenvalue weighted by Crippen LogP contribution is -2.34. The van der Waals surface area contributed by atoms with E-state index in [0.717, 1.165) is 29.7 Å². The molecule has 2 N–H and O–H groups in total. The number of rotatable bonds is 8.